The fourth-order valence-electron chi connectivity index (χ4n) is 3.57. The smallest absolute Gasteiger partial charge is 0.373 e. The number of hydrogen-bond acceptors (Lipinski definition) is 7. The van der Waals surface area contributed by atoms with E-state index >= 15 is 0 Å². The van der Waals surface area contributed by atoms with Gasteiger partial charge < -0.3 is 23.9 Å². The molecule has 1 saturated heterocycles. The highest BCUT2D eigenvalue weighted by Crippen LogP contribution is 2.44. The lowest BCUT2D eigenvalue weighted by Crippen LogP contribution is -2.30. The van der Waals surface area contributed by atoms with E-state index in [0.717, 1.165) is 4.90 Å². The molecule has 0 radical (unpaired) electrons. The van der Waals surface area contributed by atoms with Gasteiger partial charge in [-0.1, -0.05) is 18.2 Å². The zero-order chi connectivity index (χ0) is 27.4. The second kappa shape index (κ2) is 11.8. The number of benzene rings is 2. The Morgan fingerprint density at radius 1 is 1.13 bits per heavy atom. The summed E-state index contributed by atoms with van der Waals surface area (Å²) >= 11 is 6.98. The summed E-state index contributed by atoms with van der Waals surface area (Å²) in [6.07, 6.45) is 1.49. The molecule has 9 nitrogen and oxygen atoms in total. The van der Waals surface area contributed by atoms with Crippen LogP contribution in [0.2, 0.25) is 0 Å². The van der Waals surface area contributed by atoms with Crippen molar-refractivity contribution in [2.45, 2.75) is 20.1 Å². The maximum absolute atomic E-state index is 14.1. The first-order valence-corrected chi connectivity index (χ1v) is 12.8. The van der Waals surface area contributed by atoms with Gasteiger partial charge >= 0.3 is 12.0 Å². The molecule has 4 rings (SSSR count). The first kappa shape index (κ1) is 27.4. The van der Waals surface area contributed by atoms with E-state index in [2.05, 4.69) is 41.9 Å². The van der Waals surface area contributed by atoms with Crippen LogP contribution in [0, 0.1) is 5.82 Å². The lowest BCUT2D eigenvalue weighted by molar-refractivity contribution is -0.123. The molecule has 0 unspecified atom stereocenters. The minimum absolute atomic E-state index is 0.0184. The number of hydrogen-bond donors (Lipinski definition) is 1. The molecule has 2 aromatic carbocycles. The Morgan fingerprint density at radius 2 is 1.89 bits per heavy atom. The molecule has 0 bridgehead atoms. The van der Waals surface area contributed by atoms with Crippen molar-refractivity contribution in [2.75, 3.05) is 13.7 Å². The number of ether oxygens (including phenoxy) is 3. The van der Waals surface area contributed by atoms with Crippen LogP contribution in [0.4, 0.5) is 9.18 Å². The molecule has 12 heteroatoms. The van der Waals surface area contributed by atoms with Crippen molar-refractivity contribution in [1.29, 1.82) is 0 Å². The number of halogens is 3. The van der Waals surface area contributed by atoms with Crippen LogP contribution in [0.5, 0.6) is 11.5 Å². The predicted molar refractivity (Wildman–Crippen MR) is 141 cm³/mol. The van der Waals surface area contributed by atoms with Gasteiger partial charge in [0.15, 0.2) is 11.5 Å². The first-order valence-electron chi connectivity index (χ1n) is 11.3. The summed E-state index contributed by atoms with van der Waals surface area (Å²) < 4.78 is 36.7. The van der Waals surface area contributed by atoms with Crippen LogP contribution in [0.3, 0.4) is 0 Å². The molecule has 0 atom stereocenters. The molecule has 2 heterocycles. The maximum atomic E-state index is 14.1. The van der Waals surface area contributed by atoms with Crippen molar-refractivity contribution in [3.05, 3.63) is 85.6 Å². The van der Waals surface area contributed by atoms with Gasteiger partial charge in [0.2, 0.25) is 5.76 Å². The van der Waals surface area contributed by atoms with E-state index < -0.39 is 23.7 Å². The van der Waals surface area contributed by atoms with Gasteiger partial charge in [0.05, 0.1) is 24.7 Å². The summed E-state index contributed by atoms with van der Waals surface area (Å²) in [5, 5.41) is 2.54. The Morgan fingerprint density at radius 3 is 2.61 bits per heavy atom. The number of nitrogens with one attached hydrogen (secondary N) is 1. The molecular formula is C26H21Br2FN2O7. The van der Waals surface area contributed by atoms with Crippen LogP contribution in [-0.2, 0) is 22.7 Å². The van der Waals surface area contributed by atoms with Crippen LogP contribution in [0.15, 0.2) is 61.5 Å². The zero-order valence-electron chi connectivity index (χ0n) is 20.2. The van der Waals surface area contributed by atoms with E-state index in [-0.39, 0.29) is 30.4 Å². The molecule has 1 N–H and O–H groups in total. The number of imide groups is 1. The van der Waals surface area contributed by atoms with Gasteiger partial charge in [-0.05, 0) is 74.7 Å². The summed E-state index contributed by atoms with van der Waals surface area (Å²) in [7, 11) is 1.22. The normalized spacial score (nSPS) is 14.1. The Balaban J connectivity index is 1.58. The summed E-state index contributed by atoms with van der Waals surface area (Å²) in [5.41, 5.74) is 0.902. The lowest BCUT2D eigenvalue weighted by Gasteiger charge is -2.17. The lowest BCUT2D eigenvalue weighted by atomic mass is 10.1. The van der Waals surface area contributed by atoms with E-state index in [1.54, 1.807) is 31.2 Å². The molecule has 0 spiro atoms. The number of rotatable bonds is 9. The van der Waals surface area contributed by atoms with Crippen LogP contribution < -0.4 is 14.8 Å². The average Bonchev–Trinajstić information content (AvgIpc) is 3.48. The van der Waals surface area contributed by atoms with Crippen LogP contribution >= 0.6 is 31.9 Å². The second-order valence-corrected chi connectivity index (χ2v) is 9.46. The highest BCUT2D eigenvalue weighted by atomic mass is 79.9. The monoisotopic (exact) mass is 650 g/mol. The number of urea groups is 1. The quantitative estimate of drug-likeness (QED) is 0.177. The maximum Gasteiger partial charge on any atom is 0.373 e. The van der Waals surface area contributed by atoms with Gasteiger partial charge in [0.25, 0.3) is 5.91 Å². The highest BCUT2D eigenvalue weighted by molar-refractivity contribution is 9.13. The molecule has 1 aliphatic rings. The van der Waals surface area contributed by atoms with Crippen molar-refractivity contribution in [3.8, 4) is 11.5 Å². The number of furan rings is 1. The number of nitrogens with zero attached hydrogens (tertiary/aromatic N) is 1. The van der Waals surface area contributed by atoms with Crippen LogP contribution in [-0.4, -0.2) is 36.5 Å². The third kappa shape index (κ3) is 5.76. The largest absolute Gasteiger partial charge is 0.490 e. The molecule has 3 amide bonds. The van der Waals surface area contributed by atoms with E-state index in [4.69, 9.17) is 13.9 Å². The van der Waals surface area contributed by atoms with Gasteiger partial charge in [-0.15, -0.1) is 0 Å². The van der Waals surface area contributed by atoms with Gasteiger partial charge in [-0.25, -0.2) is 14.0 Å². The predicted octanol–water partition coefficient (Wildman–Crippen LogP) is 5.80. The third-order valence-electron chi connectivity index (χ3n) is 5.41. The van der Waals surface area contributed by atoms with Gasteiger partial charge in [0, 0.05) is 10.0 Å². The minimum Gasteiger partial charge on any atom is -0.490 e. The van der Waals surface area contributed by atoms with Crippen molar-refractivity contribution in [1.82, 2.24) is 10.2 Å². The molecule has 0 saturated carbocycles. The van der Waals surface area contributed by atoms with Crippen molar-refractivity contribution < 1.29 is 37.4 Å². The molecule has 38 heavy (non-hydrogen) atoms. The topological polar surface area (TPSA) is 107 Å². The molecule has 0 aliphatic carbocycles. The molecule has 3 aromatic rings. The molecular weight excluding hydrogens is 631 g/mol. The second-order valence-electron chi connectivity index (χ2n) is 7.87. The number of esters is 1. The van der Waals surface area contributed by atoms with E-state index in [9.17, 15) is 18.8 Å². The first-order chi connectivity index (χ1) is 18.2. The summed E-state index contributed by atoms with van der Waals surface area (Å²) in [6, 6.07) is 10.1. The summed E-state index contributed by atoms with van der Waals surface area (Å²) in [6.45, 7) is 1.90. The fourth-order valence-corrected chi connectivity index (χ4v) is 4.52. The SMILES string of the molecule is CCOc1cc(/C=C2\NC(=O)N(Cc3ccc(C(=O)OC)o3)C2=O)c(Br)c(Br)c1OCc1ccccc1F. The molecule has 198 valence electrons. The number of carbonyl (C=O) groups excluding carboxylic acids is 3. The van der Waals surface area contributed by atoms with Crippen molar-refractivity contribution >= 4 is 55.8 Å². The van der Waals surface area contributed by atoms with Crippen molar-refractivity contribution in [3.63, 3.8) is 0 Å². The average molecular weight is 652 g/mol. The Hall–Kier alpha value is -3.64. The third-order valence-corrected chi connectivity index (χ3v) is 7.55. The Bertz CT molecular complexity index is 1440. The Labute approximate surface area is 233 Å². The van der Waals surface area contributed by atoms with Gasteiger partial charge in [0.1, 0.15) is 23.9 Å². The van der Waals surface area contributed by atoms with Crippen LogP contribution in [0.1, 0.15) is 34.4 Å². The zero-order valence-corrected chi connectivity index (χ0v) is 23.4. The standard InChI is InChI=1S/C26H21Br2FN2O7/c1-3-36-20-11-15(21(27)22(28)23(20)37-13-14-6-4-5-7-17(14)29)10-18-24(32)31(26(34)30-18)12-16-8-9-19(38-16)25(33)35-2/h4-11H,3,12-13H2,1-2H3,(H,30,34)/b18-10-. The van der Waals surface area contributed by atoms with E-state index in [0.29, 0.717) is 38.2 Å². The molecule has 1 fully saturated rings. The summed E-state index contributed by atoms with van der Waals surface area (Å²) in [5.74, 6) is -0.771. The fraction of sp³-hybridized carbons (Fsp3) is 0.192. The van der Waals surface area contributed by atoms with E-state index in [1.165, 1.54) is 31.4 Å². The number of amides is 3. The Kier molecular flexibility index (Phi) is 8.52. The van der Waals surface area contributed by atoms with Gasteiger partial charge in [-0.2, -0.15) is 0 Å². The molecule has 1 aromatic heterocycles. The van der Waals surface area contributed by atoms with Crippen molar-refractivity contribution in [2.24, 2.45) is 0 Å². The summed E-state index contributed by atoms with van der Waals surface area (Å²) in [4.78, 5) is 38.1. The van der Waals surface area contributed by atoms with Gasteiger partial charge in [-0.3, -0.25) is 9.69 Å². The number of carbonyl (C=O) groups is 3. The minimum atomic E-state index is -0.670. The highest BCUT2D eigenvalue weighted by Gasteiger charge is 2.35. The number of methoxy groups -OCH3 is 1. The van der Waals surface area contributed by atoms with E-state index in [1.807, 2.05) is 0 Å². The molecule has 1 aliphatic heterocycles. The van der Waals surface area contributed by atoms with Crippen LogP contribution in [0.25, 0.3) is 6.08 Å².